The maximum Gasteiger partial charge on any atom is 0.433 e. The van der Waals surface area contributed by atoms with Crippen LogP contribution in [-0.4, -0.2) is 22.4 Å². The van der Waals surface area contributed by atoms with Crippen molar-refractivity contribution >= 4 is 5.97 Å². The molecule has 0 unspecified atom stereocenters. The Balaban J connectivity index is 1.99. The Morgan fingerprint density at radius 3 is 2.20 bits per heavy atom. The molecule has 0 radical (unpaired) electrons. The Kier molecular flexibility index (Phi) is 8.14. The number of carboxylic acids is 1. The van der Waals surface area contributed by atoms with Gasteiger partial charge in [-0.3, -0.25) is 9.88 Å². The van der Waals surface area contributed by atoms with E-state index in [2.05, 4.69) is 9.88 Å². The average Bonchev–Trinajstić information content (AvgIpc) is 2.76. The first kappa shape index (κ1) is 27.0. The molecule has 1 saturated heterocycles. The quantitative estimate of drug-likeness (QED) is 0.450. The molecule has 2 aromatic rings. The number of piperidine rings is 1. The molecule has 3 atom stereocenters. The molecule has 0 aliphatic carbocycles. The number of aromatic nitrogens is 1. The lowest BCUT2D eigenvalue weighted by Crippen LogP contribution is -2.41. The first-order chi connectivity index (χ1) is 16.3. The van der Waals surface area contributed by atoms with E-state index < -0.39 is 35.6 Å². The van der Waals surface area contributed by atoms with Crippen LogP contribution in [0, 0.1) is 11.8 Å². The van der Waals surface area contributed by atoms with Gasteiger partial charge < -0.3 is 9.90 Å². The molecule has 0 saturated carbocycles. The summed E-state index contributed by atoms with van der Waals surface area (Å²) in [6, 6.07) is 6.32. The van der Waals surface area contributed by atoms with E-state index in [-0.39, 0.29) is 24.3 Å². The van der Waals surface area contributed by atoms with Crippen LogP contribution in [0.3, 0.4) is 0 Å². The van der Waals surface area contributed by atoms with E-state index in [4.69, 9.17) is 0 Å². The summed E-state index contributed by atoms with van der Waals surface area (Å²) in [6.07, 6.45) is -6.55. The summed E-state index contributed by atoms with van der Waals surface area (Å²) in [5.41, 5.74) is -0.631. The van der Waals surface area contributed by atoms with E-state index in [1.54, 1.807) is 0 Å². The molecule has 2 heterocycles. The summed E-state index contributed by atoms with van der Waals surface area (Å²) < 4.78 is 78.3. The van der Waals surface area contributed by atoms with E-state index in [1.165, 1.54) is 24.4 Å². The van der Waals surface area contributed by atoms with Crippen molar-refractivity contribution in [1.29, 1.82) is 0 Å². The van der Waals surface area contributed by atoms with Crippen molar-refractivity contribution in [1.82, 2.24) is 9.88 Å². The molecule has 0 amide bonds. The Morgan fingerprint density at radius 1 is 1.06 bits per heavy atom. The number of alkyl halides is 6. The predicted molar refractivity (Wildman–Crippen MR) is 115 cm³/mol. The van der Waals surface area contributed by atoms with Crippen LogP contribution in [-0.2, 0) is 17.1 Å². The number of aliphatic carboxylic acids is 1. The third-order valence-electron chi connectivity index (χ3n) is 6.39. The van der Waals surface area contributed by atoms with Crippen LogP contribution < -0.4 is 5.11 Å². The van der Waals surface area contributed by atoms with E-state index in [0.717, 1.165) is 18.2 Å². The fourth-order valence-corrected chi connectivity index (χ4v) is 4.75. The molecule has 1 aromatic heterocycles. The standard InChI is InChI=1S/C25H28F6N2O2/c1-15(2)11-20(18-5-8-22(32-14-18)25(29,30)31)33-10-9-16(13-23(34)35)12-21(33)17-3-6-19(7-4-17)24(26,27)28/h3-8,14-16,20-21H,9-13H2,1-2H3,(H,34,35)/p-1/t16-,20-,21+/m1/s1. The number of benzene rings is 1. The maximum atomic E-state index is 13.1. The Hall–Kier alpha value is -2.62. The molecular formula is C25H27F6N2O2-. The van der Waals surface area contributed by atoms with Crippen molar-refractivity contribution in [2.45, 2.75) is 64.0 Å². The first-order valence-corrected chi connectivity index (χ1v) is 11.4. The van der Waals surface area contributed by atoms with E-state index in [1.807, 2.05) is 13.8 Å². The molecule has 3 rings (SSSR count). The molecule has 0 spiro atoms. The van der Waals surface area contributed by atoms with Gasteiger partial charge in [-0.05, 0) is 73.4 Å². The second kappa shape index (κ2) is 10.6. The zero-order valence-electron chi connectivity index (χ0n) is 19.4. The largest absolute Gasteiger partial charge is 0.550 e. The van der Waals surface area contributed by atoms with E-state index in [9.17, 15) is 36.2 Å². The molecule has 35 heavy (non-hydrogen) atoms. The van der Waals surface area contributed by atoms with Gasteiger partial charge in [-0.1, -0.05) is 32.0 Å². The van der Waals surface area contributed by atoms with Gasteiger partial charge in [-0.15, -0.1) is 0 Å². The average molecular weight is 501 g/mol. The van der Waals surface area contributed by atoms with Crippen molar-refractivity contribution in [2.75, 3.05) is 6.54 Å². The number of carbonyl (C=O) groups excluding carboxylic acids is 1. The van der Waals surface area contributed by atoms with Crippen molar-refractivity contribution in [2.24, 2.45) is 11.8 Å². The predicted octanol–water partition coefficient (Wildman–Crippen LogP) is 5.80. The summed E-state index contributed by atoms with van der Waals surface area (Å²) >= 11 is 0. The highest BCUT2D eigenvalue weighted by Crippen LogP contribution is 2.43. The number of nitrogens with zero attached hydrogens (tertiary/aromatic N) is 2. The lowest BCUT2D eigenvalue weighted by Gasteiger charge is -2.45. The molecule has 1 aromatic carbocycles. The number of carboxylic acid groups (broad SMARTS) is 1. The Labute approximate surface area is 200 Å². The van der Waals surface area contributed by atoms with Gasteiger partial charge in [0.25, 0.3) is 0 Å². The molecule has 1 aliphatic heterocycles. The third-order valence-corrected chi connectivity index (χ3v) is 6.39. The normalized spacial score (nSPS) is 20.7. The molecule has 192 valence electrons. The Bertz CT molecular complexity index is 987. The fraction of sp³-hybridized carbons (Fsp3) is 0.520. The first-order valence-electron chi connectivity index (χ1n) is 11.4. The summed E-state index contributed by atoms with van der Waals surface area (Å²) in [6.45, 7) is 4.38. The van der Waals surface area contributed by atoms with Crippen LogP contribution in [0.15, 0.2) is 42.6 Å². The monoisotopic (exact) mass is 501 g/mol. The molecular weight excluding hydrogens is 474 g/mol. The van der Waals surface area contributed by atoms with Crippen LogP contribution >= 0.6 is 0 Å². The molecule has 1 fully saturated rings. The van der Waals surface area contributed by atoms with E-state index in [0.29, 0.717) is 36.9 Å². The van der Waals surface area contributed by atoms with Gasteiger partial charge in [0.15, 0.2) is 0 Å². The lowest BCUT2D eigenvalue weighted by molar-refractivity contribution is -0.307. The molecule has 10 heteroatoms. The van der Waals surface area contributed by atoms with Crippen molar-refractivity contribution < 1.29 is 36.2 Å². The van der Waals surface area contributed by atoms with Gasteiger partial charge in [-0.25, -0.2) is 0 Å². The van der Waals surface area contributed by atoms with Gasteiger partial charge in [0.2, 0.25) is 0 Å². The minimum absolute atomic E-state index is 0.163. The van der Waals surface area contributed by atoms with E-state index >= 15 is 0 Å². The van der Waals surface area contributed by atoms with Gasteiger partial charge >= 0.3 is 12.4 Å². The van der Waals surface area contributed by atoms with Gasteiger partial charge in [-0.2, -0.15) is 26.3 Å². The van der Waals surface area contributed by atoms with Crippen LogP contribution in [0.5, 0.6) is 0 Å². The summed E-state index contributed by atoms with van der Waals surface area (Å²) in [5, 5.41) is 11.2. The molecule has 4 nitrogen and oxygen atoms in total. The number of likely N-dealkylation sites (tertiary alicyclic amines) is 1. The second-order valence-electron chi connectivity index (χ2n) is 9.46. The number of pyridine rings is 1. The summed E-state index contributed by atoms with van der Waals surface area (Å²) in [4.78, 5) is 16.9. The van der Waals surface area contributed by atoms with Crippen LogP contribution in [0.1, 0.15) is 74.0 Å². The highest BCUT2D eigenvalue weighted by Gasteiger charge is 2.37. The zero-order valence-corrected chi connectivity index (χ0v) is 19.4. The van der Waals surface area contributed by atoms with Gasteiger partial charge in [0, 0.05) is 24.2 Å². The van der Waals surface area contributed by atoms with Gasteiger partial charge in [0.1, 0.15) is 5.69 Å². The summed E-state index contributed by atoms with van der Waals surface area (Å²) in [7, 11) is 0. The van der Waals surface area contributed by atoms with Crippen molar-refractivity contribution in [3.05, 3.63) is 65.0 Å². The number of halogens is 6. The molecule has 1 aliphatic rings. The fourth-order valence-electron chi connectivity index (χ4n) is 4.75. The SMILES string of the molecule is CC(C)C[C@H](c1ccc(C(F)(F)F)nc1)N1CC[C@@H](CC(=O)[O-])C[C@H]1c1ccc(C(F)(F)F)cc1. The Morgan fingerprint density at radius 2 is 1.71 bits per heavy atom. The third kappa shape index (κ3) is 6.96. The highest BCUT2D eigenvalue weighted by atomic mass is 19.4. The number of hydrogen-bond acceptors (Lipinski definition) is 4. The topological polar surface area (TPSA) is 56.3 Å². The second-order valence-corrected chi connectivity index (χ2v) is 9.46. The van der Waals surface area contributed by atoms with Crippen molar-refractivity contribution in [3.8, 4) is 0 Å². The maximum absolute atomic E-state index is 13.1. The minimum atomic E-state index is -4.57. The number of hydrogen-bond donors (Lipinski definition) is 0. The molecule has 0 bridgehead atoms. The minimum Gasteiger partial charge on any atom is -0.550 e. The van der Waals surface area contributed by atoms with Crippen LogP contribution in [0.25, 0.3) is 0 Å². The zero-order chi connectivity index (χ0) is 26.0. The highest BCUT2D eigenvalue weighted by molar-refractivity contribution is 5.64. The smallest absolute Gasteiger partial charge is 0.433 e. The number of rotatable bonds is 7. The van der Waals surface area contributed by atoms with Gasteiger partial charge in [0.05, 0.1) is 5.56 Å². The number of carbonyl (C=O) groups is 1. The van der Waals surface area contributed by atoms with Crippen LogP contribution in [0.4, 0.5) is 26.3 Å². The van der Waals surface area contributed by atoms with Crippen LogP contribution in [0.2, 0.25) is 0 Å². The lowest BCUT2D eigenvalue weighted by atomic mass is 9.82. The molecule has 0 N–H and O–H groups in total. The summed E-state index contributed by atoms with van der Waals surface area (Å²) in [5.74, 6) is -1.26. The van der Waals surface area contributed by atoms with Crippen molar-refractivity contribution in [3.63, 3.8) is 0 Å².